The van der Waals surface area contributed by atoms with Crippen LogP contribution in [0.1, 0.15) is 20.8 Å². The smallest absolute Gasteiger partial charge is 0.408 e. The van der Waals surface area contributed by atoms with Gasteiger partial charge in [0, 0.05) is 18.8 Å². The van der Waals surface area contributed by atoms with E-state index in [1.54, 1.807) is 20.8 Å². The van der Waals surface area contributed by atoms with Crippen molar-refractivity contribution >= 4 is 23.6 Å². The van der Waals surface area contributed by atoms with Gasteiger partial charge in [-0.05, 0) is 26.8 Å². The molecule has 0 spiro atoms. The number of carboxylic acid groups (broad SMARTS) is 1. The van der Waals surface area contributed by atoms with Crippen LogP contribution < -0.4 is 10.6 Å². The van der Waals surface area contributed by atoms with E-state index in [0.29, 0.717) is 0 Å². The van der Waals surface area contributed by atoms with Crippen LogP contribution in [0.2, 0.25) is 0 Å². The van der Waals surface area contributed by atoms with Crippen LogP contribution in [0.3, 0.4) is 0 Å². The zero-order valence-corrected chi connectivity index (χ0v) is 12.9. The molecule has 0 bridgehead atoms. The molecule has 0 radical (unpaired) electrons. The van der Waals surface area contributed by atoms with Gasteiger partial charge in [0.1, 0.15) is 11.6 Å². The van der Waals surface area contributed by atoms with Crippen molar-refractivity contribution in [3.63, 3.8) is 0 Å². The van der Waals surface area contributed by atoms with Gasteiger partial charge in [0.15, 0.2) is 0 Å². The van der Waals surface area contributed by atoms with E-state index in [1.165, 1.54) is 18.3 Å². The van der Waals surface area contributed by atoms with Crippen molar-refractivity contribution in [1.29, 1.82) is 0 Å². The Bertz CT molecular complexity index is 598. The number of carbonyl (C=O) groups excluding carboxylic acids is 1. The molecule has 0 saturated heterocycles. The number of nitro groups is 1. The summed E-state index contributed by atoms with van der Waals surface area (Å²) < 4.78 is 4.97. The van der Waals surface area contributed by atoms with E-state index in [9.17, 15) is 19.7 Å². The number of ether oxygens (including phenoxy) is 1. The van der Waals surface area contributed by atoms with Gasteiger partial charge in [-0.2, -0.15) is 0 Å². The molecule has 10 nitrogen and oxygen atoms in total. The number of carboxylic acids is 1. The lowest BCUT2D eigenvalue weighted by Crippen LogP contribution is -2.47. The molecule has 0 fully saturated rings. The maximum Gasteiger partial charge on any atom is 0.408 e. The predicted molar refractivity (Wildman–Crippen MR) is 80.2 cm³/mol. The van der Waals surface area contributed by atoms with Crippen LogP contribution in [0.4, 0.5) is 16.3 Å². The summed E-state index contributed by atoms with van der Waals surface area (Å²) in [4.78, 5) is 36.8. The second kappa shape index (κ2) is 7.38. The van der Waals surface area contributed by atoms with Crippen molar-refractivity contribution in [3.8, 4) is 0 Å². The van der Waals surface area contributed by atoms with Crippen molar-refractivity contribution in [2.45, 2.75) is 32.4 Å². The van der Waals surface area contributed by atoms with Gasteiger partial charge < -0.3 is 20.5 Å². The number of aromatic nitrogens is 1. The lowest BCUT2D eigenvalue weighted by Gasteiger charge is -2.22. The molecule has 1 amide bonds. The third-order valence-corrected chi connectivity index (χ3v) is 2.45. The fourth-order valence-corrected chi connectivity index (χ4v) is 1.53. The Balaban J connectivity index is 2.73. The van der Waals surface area contributed by atoms with Crippen molar-refractivity contribution < 1.29 is 24.4 Å². The molecule has 0 aliphatic heterocycles. The Kier molecular flexibility index (Phi) is 5.82. The van der Waals surface area contributed by atoms with Crippen molar-refractivity contribution in [2.24, 2.45) is 0 Å². The van der Waals surface area contributed by atoms with Gasteiger partial charge in [-0.15, -0.1) is 0 Å². The first kappa shape index (κ1) is 18.1. The molecule has 23 heavy (non-hydrogen) atoms. The highest BCUT2D eigenvalue weighted by molar-refractivity contribution is 5.80. The monoisotopic (exact) mass is 326 g/mol. The van der Waals surface area contributed by atoms with Crippen molar-refractivity contribution in [1.82, 2.24) is 10.3 Å². The van der Waals surface area contributed by atoms with E-state index >= 15 is 0 Å². The second-order valence-electron chi connectivity index (χ2n) is 5.55. The molecule has 1 heterocycles. The number of pyridine rings is 1. The van der Waals surface area contributed by atoms with Gasteiger partial charge in [-0.1, -0.05) is 0 Å². The molecule has 1 atom stereocenters. The Morgan fingerprint density at radius 1 is 1.48 bits per heavy atom. The average Bonchev–Trinajstić information content (AvgIpc) is 2.41. The first-order valence-electron chi connectivity index (χ1n) is 6.66. The number of hydrogen-bond acceptors (Lipinski definition) is 7. The van der Waals surface area contributed by atoms with E-state index in [4.69, 9.17) is 9.84 Å². The quantitative estimate of drug-likeness (QED) is 0.525. The van der Waals surface area contributed by atoms with Crippen LogP contribution in [0.25, 0.3) is 0 Å². The Morgan fingerprint density at radius 3 is 2.65 bits per heavy atom. The summed E-state index contributed by atoms with van der Waals surface area (Å²) in [5.41, 5.74) is -1.07. The van der Waals surface area contributed by atoms with Gasteiger partial charge in [0.2, 0.25) is 5.82 Å². The predicted octanol–water partition coefficient (Wildman–Crippen LogP) is 1.38. The molecule has 0 saturated carbocycles. The summed E-state index contributed by atoms with van der Waals surface area (Å²) in [6.45, 7) is 4.61. The van der Waals surface area contributed by atoms with Gasteiger partial charge in [0.25, 0.3) is 0 Å². The number of aliphatic carboxylic acids is 1. The summed E-state index contributed by atoms with van der Waals surface area (Å²) in [5, 5.41) is 24.7. The third kappa shape index (κ3) is 6.16. The second-order valence-corrected chi connectivity index (χ2v) is 5.55. The largest absolute Gasteiger partial charge is 0.480 e. The Labute approximate surface area is 132 Å². The standard InChI is InChI=1S/C13H18N4O6/c1-13(2,3)23-12(20)16-8(11(18)19)7-15-10-9(17(21)22)5-4-6-14-10/h4-6,8H,7H2,1-3H3,(H,14,15)(H,16,20)(H,18,19)/t8-/m0/s1. The number of nitrogens with zero attached hydrogens (tertiary/aromatic N) is 2. The van der Waals surface area contributed by atoms with Crippen LogP contribution >= 0.6 is 0 Å². The number of carbonyl (C=O) groups is 2. The molecular weight excluding hydrogens is 308 g/mol. The average molecular weight is 326 g/mol. The third-order valence-electron chi connectivity index (χ3n) is 2.45. The number of alkyl carbamates (subject to hydrolysis) is 1. The minimum atomic E-state index is -1.34. The number of amides is 1. The van der Waals surface area contributed by atoms with Crippen LogP contribution in [0, 0.1) is 10.1 Å². The Morgan fingerprint density at radius 2 is 2.13 bits per heavy atom. The lowest BCUT2D eigenvalue weighted by molar-refractivity contribution is -0.384. The van der Waals surface area contributed by atoms with E-state index < -0.39 is 28.6 Å². The highest BCUT2D eigenvalue weighted by Crippen LogP contribution is 2.20. The maximum atomic E-state index is 11.6. The van der Waals surface area contributed by atoms with Gasteiger partial charge >= 0.3 is 17.7 Å². The zero-order valence-electron chi connectivity index (χ0n) is 12.9. The minimum Gasteiger partial charge on any atom is -0.480 e. The zero-order chi connectivity index (χ0) is 17.6. The Hall–Kier alpha value is -2.91. The number of rotatable bonds is 6. The lowest BCUT2D eigenvalue weighted by atomic mass is 10.2. The van der Waals surface area contributed by atoms with E-state index in [2.05, 4.69) is 15.6 Å². The van der Waals surface area contributed by atoms with Crippen LogP contribution in [-0.2, 0) is 9.53 Å². The molecule has 0 aliphatic rings. The first-order chi connectivity index (χ1) is 10.6. The minimum absolute atomic E-state index is 0.0882. The van der Waals surface area contributed by atoms with Crippen molar-refractivity contribution in [2.75, 3.05) is 11.9 Å². The number of anilines is 1. The van der Waals surface area contributed by atoms with E-state index in [0.717, 1.165) is 0 Å². The molecule has 0 aromatic carbocycles. The molecular formula is C13H18N4O6. The van der Waals surface area contributed by atoms with E-state index in [-0.39, 0.29) is 18.1 Å². The molecule has 0 aliphatic carbocycles. The molecule has 1 aromatic heterocycles. The summed E-state index contributed by atoms with van der Waals surface area (Å²) in [5.74, 6) is -1.41. The summed E-state index contributed by atoms with van der Waals surface area (Å²) in [6, 6.07) is 1.27. The first-order valence-corrected chi connectivity index (χ1v) is 6.66. The normalized spacial score (nSPS) is 12.1. The molecule has 10 heteroatoms. The van der Waals surface area contributed by atoms with Crippen LogP contribution in [0.15, 0.2) is 18.3 Å². The van der Waals surface area contributed by atoms with Crippen molar-refractivity contribution in [3.05, 3.63) is 28.4 Å². The van der Waals surface area contributed by atoms with Crippen LogP contribution in [0.5, 0.6) is 0 Å². The van der Waals surface area contributed by atoms with E-state index in [1.807, 2.05) is 0 Å². The van der Waals surface area contributed by atoms with Gasteiger partial charge in [-0.3, -0.25) is 10.1 Å². The SMILES string of the molecule is CC(C)(C)OC(=O)N[C@@H](CNc1ncccc1[N+](=O)[O-])C(=O)O. The summed E-state index contributed by atoms with van der Waals surface area (Å²) in [7, 11) is 0. The number of hydrogen-bond donors (Lipinski definition) is 3. The van der Waals surface area contributed by atoms with Gasteiger partial charge in [-0.25, -0.2) is 14.6 Å². The topological polar surface area (TPSA) is 144 Å². The van der Waals surface area contributed by atoms with Gasteiger partial charge in [0.05, 0.1) is 4.92 Å². The highest BCUT2D eigenvalue weighted by atomic mass is 16.6. The van der Waals surface area contributed by atoms with Crippen LogP contribution in [-0.4, -0.2) is 45.3 Å². The molecule has 126 valence electrons. The molecule has 0 unspecified atom stereocenters. The summed E-state index contributed by atoms with van der Waals surface area (Å²) in [6.07, 6.45) is 0.425. The highest BCUT2D eigenvalue weighted by Gasteiger charge is 2.25. The maximum absolute atomic E-state index is 11.6. The molecule has 3 N–H and O–H groups in total. The summed E-state index contributed by atoms with van der Waals surface area (Å²) >= 11 is 0. The fourth-order valence-electron chi connectivity index (χ4n) is 1.53. The fraction of sp³-hybridized carbons (Fsp3) is 0.462. The molecule has 1 rings (SSSR count). The molecule has 1 aromatic rings. The number of nitrogens with one attached hydrogen (secondary N) is 2.